The van der Waals surface area contributed by atoms with Crippen molar-refractivity contribution in [3.8, 4) is 0 Å². The highest BCUT2D eigenvalue weighted by Crippen LogP contribution is 2.41. The molecule has 1 aliphatic rings. The second-order valence-electron chi connectivity index (χ2n) is 6.50. The highest BCUT2D eigenvalue weighted by molar-refractivity contribution is 6.48. The Hall–Kier alpha value is -1.59. The van der Waals surface area contributed by atoms with E-state index in [1.807, 2.05) is 58.0 Å². The third kappa shape index (κ3) is 3.42. The first-order valence-electron chi connectivity index (χ1n) is 7.48. The van der Waals surface area contributed by atoms with Crippen LogP contribution in [0.1, 0.15) is 45.5 Å². The van der Waals surface area contributed by atoms with Gasteiger partial charge in [0.15, 0.2) is 0 Å². The minimum absolute atomic E-state index is 0.173. The maximum absolute atomic E-state index is 11.9. The zero-order valence-corrected chi connectivity index (χ0v) is 13.7. The van der Waals surface area contributed by atoms with Crippen LogP contribution in [0.15, 0.2) is 43.2 Å². The first-order chi connectivity index (χ1) is 10.3. The molecule has 0 bridgehead atoms. The smallest absolute Gasteiger partial charge is 0.435 e. The zero-order chi connectivity index (χ0) is 16.4. The molecular formula is C17H23BO4. The number of hydrogen-bond acceptors (Lipinski definition) is 4. The number of ether oxygens (including phenoxy) is 1. The van der Waals surface area contributed by atoms with Crippen LogP contribution in [0.4, 0.5) is 0 Å². The molecule has 118 valence electrons. The van der Waals surface area contributed by atoms with Gasteiger partial charge in [0, 0.05) is 5.82 Å². The molecule has 1 unspecified atom stereocenters. The molecule has 1 atom stereocenters. The number of carbonyl (C=O) groups excluding carboxylic acids is 1. The van der Waals surface area contributed by atoms with E-state index in [0.29, 0.717) is 0 Å². The molecule has 1 saturated heterocycles. The molecule has 1 aliphatic heterocycles. The monoisotopic (exact) mass is 302 g/mol. The van der Waals surface area contributed by atoms with E-state index in [0.717, 1.165) is 11.8 Å². The van der Waals surface area contributed by atoms with Crippen molar-refractivity contribution in [3.63, 3.8) is 0 Å². The van der Waals surface area contributed by atoms with Gasteiger partial charge in [-0.05, 0) is 33.3 Å². The average molecular weight is 302 g/mol. The van der Waals surface area contributed by atoms with Crippen LogP contribution in [0.25, 0.3) is 0 Å². The predicted molar refractivity (Wildman–Crippen MR) is 86.2 cm³/mol. The first kappa shape index (κ1) is 16.8. The second-order valence-corrected chi connectivity index (χ2v) is 6.50. The van der Waals surface area contributed by atoms with Gasteiger partial charge in [-0.25, -0.2) is 0 Å². The summed E-state index contributed by atoms with van der Waals surface area (Å²) in [5, 5.41) is 0. The van der Waals surface area contributed by atoms with Gasteiger partial charge < -0.3 is 14.0 Å². The van der Waals surface area contributed by atoms with Gasteiger partial charge in [0.05, 0.1) is 23.9 Å². The van der Waals surface area contributed by atoms with E-state index in [1.165, 1.54) is 0 Å². The van der Waals surface area contributed by atoms with Gasteiger partial charge >= 0.3 is 13.1 Å². The molecule has 0 amide bonds. The number of esters is 1. The molecule has 0 aliphatic carbocycles. The standard InChI is InChI=1S/C17H23BO4/c1-6-20-15(19)12-14(13-10-8-7-9-11-13)18-21-16(2,3)17(4,5)22-18/h6-11,14H,1,12H2,2-5H3. The fourth-order valence-electron chi connectivity index (χ4n) is 2.44. The maximum Gasteiger partial charge on any atom is 0.466 e. The largest absolute Gasteiger partial charge is 0.466 e. The highest BCUT2D eigenvalue weighted by atomic mass is 16.7. The van der Waals surface area contributed by atoms with Crippen molar-refractivity contribution in [2.75, 3.05) is 0 Å². The molecule has 0 saturated carbocycles. The number of hydrogen-bond donors (Lipinski definition) is 0. The predicted octanol–water partition coefficient (Wildman–Crippen LogP) is 3.48. The number of carbonyl (C=O) groups is 1. The van der Waals surface area contributed by atoms with Crippen LogP contribution in [0.5, 0.6) is 0 Å². The van der Waals surface area contributed by atoms with Crippen molar-refractivity contribution >= 4 is 13.1 Å². The lowest BCUT2D eigenvalue weighted by atomic mass is 9.66. The van der Waals surface area contributed by atoms with Crippen molar-refractivity contribution in [1.29, 1.82) is 0 Å². The fraction of sp³-hybridized carbons (Fsp3) is 0.471. The van der Waals surface area contributed by atoms with Gasteiger partial charge in [-0.15, -0.1) is 0 Å². The van der Waals surface area contributed by atoms with Gasteiger partial charge in [-0.3, -0.25) is 4.79 Å². The summed E-state index contributed by atoms with van der Waals surface area (Å²) in [4.78, 5) is 11.9. The molecule has 0 spiro atoms. The quantitative estimate of drug-likeness (QED) is 0.474. The molecule has 2 rings (SSSR count). The van der Waals surface area contributed by atoms with Gasteiger partial charge in [-0.2, -0.15) is 0 Å². The lowest BCUT2D eigenvalue weighted by Gasteiger charge is -2.32. The summed E-state index contributed by atoms with van der Waals surface area (Å²) >= 11 is 0. The van der Waals surface area contributed by atoms with Gasteiger partial charge in [-0.1, -0.05) is 36.9 Å². The molecule has 1 aromatic rings. The molecule has 0 N–H and O–H groups in total. The van der Waals surface area contributed by atoms with Crippen LogP contribution < -0.4 is 0 Å². The lowest BCUT2D eigenvalue weighted by molar-refractivity contribution is -0.138. The normalized spacial score (nSPS) is 20.5. The summed E-state index contributed by atoms with van der Waals surface area (Å²) in [5.74, 6) is -0.576. The summed E-state index contributed by atoms with van der Waals surface area (Å²) in [6.07, 6.45) is 1.32. The number of rotatable bonds is 5. The van der Waals surface area contributed by atoms with E-state index < -0.39 is 18.3 Å². The van der Waals surface area contributed by atoms with Crippen molar-refractivity contribution in [2.24, 2.45) is 0 Å². The van der Waals surface area contributed by atoms with E-state index in [-0.39, 0.29) is 18.2 Å². The van der Waals surface area contributed by atoms with Crippen LogP contribution in [0.3, 0.4) is 0 Å². The molecule has 1 aromatic carbocycles. The molecule has 4 nitrogen and oxygen atoms in total. The van der Waals surface area contributed by atoms with E-state index >= 15 is 0 Å². The van der Waals surface area contributed by atoms with Crippen molar-refractivity contribution in [3.05, 3.63) is 48.7 Å². The fourth-order valence-corrected chi connectivity index (χ4v) is 2.44. The molecule has 1 heterocycles. The zero-order valence-electron chi connectivity index (χ0n) is 13.7. The lowest BCUT2D eigenvalue weighted by Crippen LogP contribution is -2.41. The topological polar surface area (TPSA) is 44.8 Å². The molecular weight excluding hydrogens is 279 g/mol. The Morgan fingerprint density at radius 1 is 1.23 bits per heavy atom. The van der Waals surface area contributed by atoms with Crippen LogP contribution in [-0.2, 0) is 18.8 Å². The molecule has 1 fully saturated rings. The first-order valence-corrected chi connectivity index (χ1v) is 7.48. The van der Waals surface area contributed by atoms with Crippen LogP contribution in [0.2, 0.25) is 0 Å². The number of benzene rings is 1. The maximum atomic E-state index is 11.9. The van der Waals surface area contributed by atoms with Crippen molar-refractivity contribution in [2.45, 2.75) is 51.1 Å². The summed E-state index contributed by atoms with van der Waals surface area (Å²) in [7, 11) is -0.496. The van der Waals surface area contributed by atoms with Crippen LogP contribution >= 0.6 is 0 Å². The average Bonchev–Trinajstić information content (AvgIpc) is 2.66. The molecule has 0 radical (unpaired) electrons. The Kier molecular flexibility index (Phi) is 4.78. The Balaban J connectivity index is 2.26. The Bertz CT molecular complexity index is 523. The van der Waals surface area contributed by atoms with Gasteiger partial charge in [0.1, 0.15) is 0 Å². The second kappa shape index (κ2) is 6.27. The van der Waals surface area contributed by atoms with Crippen molar-refractivity contribution in [1.82, 2.24) is 0 Å². The molecule has 0 aromatic heterocycles. The van der Waals surface area contributed by atoms with Gasteiger partial charge in [0.25, 0.3) is 0 Å². The minimum atomic E-state index is -0.496. The van der Waals surface area contributed by atoms with Crippen LogP contribution in [0, 0.1) is 0 Å². The third-order valence-electron chi connectivity index (χ3n) is 4.43. The summed E-state index contributed by atoms with van der Waals surface area (Å²) in [6.45, 7) is 11.4. The third-order valence-corrected chi connectivity index (χ3v) is 4.43. The Morgan fingerprint density at radius 2 is 1.77 bits per heavy atom. The van der Waals surface area contributed by atoms with E-state index in [2.05, 4.69) is 6.58 Å². The summed E-state index contributed by atoms with van der Waals surface area (Å²) < 4.78 is 17.1. The Labute approximate surface area is 132 Å². The van der Waals surface area contributed by atoms with E-state index in [4.69, 9.17) is 14.0 Å². The minimum Gasteiger partial charge on any atom is -0.435 e. The highest BCUT2D eigenvalue weighted by Gasteiger charge is 2.54. The van der Waals surface area contributed by atoms with E-state index in [9.17, 15) is 4.79 Å². The summed E-state index contributed by atoms with van der Waals surface area (Å²) in [5.41, 5.74) is 0.113. The molecule has 22 heavy (non-hydrogen) atoms. The van der Waals surface area contributed by atoms with E-state index in [1.54, 1.807) is 0 Å². The van der Waals surface area contributed by atoms with Gasteiger partial charge in [0.2, 0.25) is 0 Å². The Morgan fingerprint density at radius 3 is 2.27 bits per heavy atom. The van der Waals surface area contributed by atoms with Crippen molar-refractivity contribution < 1.29 is 18.8 Å². The summed E-state index contributed by atoms with van der Waals surface area (Å²) in [6, 6.07) is 9.75. The van der Waals surface area contributed by atoms with Crippen LogP contribution in [-0.4, -0.2) is 24.3 Å². The SMILES string of the molecule is C=COC(=O)CC(B1OC(C)(C)C(C)(C)O1)c1ccccc1. The molecule has 5 heteroatoms.